The lowest BCUT2D eigenvalue weighted by Crippen LogP contribution is -2.14. The van der Waals surface area contributed by atoms with E-state index in [0.717, 1.165) is 12.1 Å². The molecule has 10 heteroatoms. The monoisotopic (exact) mass is 439 g/mol. The van der Waals surface area contributed by atoms with Gasteiger partial charge in [0.1, 0.15) is 0 Å². The summed E-state index contributed by atoms with van der Waals surface area (Å²) in [6.45, 7) is 6.16. The number of hydrogen-bond acceptors (Lipinski definition) is 6. The number of rotatable bonds is 4. The van der Waals surface area contributed by atoms with Gasteiger partial charge in [0.25, 0.3) is 5.91 Å². The summed E-state index contributed by atoms with van der Waals surface area (Å²) in [6, 6.07) is 5.26. The summed E-state index contributed by atoms with van der Waals surface area (Å²) in [4.78, 5) is 17.6. The van der Waals surface area contributed by atoms with Crippen LogP contribution in [0.15, 0.2) is 24.4 Å². The molecule has 1 aliphatic heterocycles. The van der Waals surface area contributed by atoms with Crippen molar-refractivity contribution in [3.63, 3.8) is 0 Å². The summed E-state index contributed by atoms with van der Waals surface area (Å²) in [5, 5.41) is 8.00. The molecule has 1 amide bonds. The predicted molar refractivity (Wildman–Crippen MR) is 117 cm³/mol. The van der Waals surface area contributed by atoms with Crippen LogP contribution in [-0.2, 0) is 0 Å². The Morgan fingerprint density at radius 1 is 1.28 bits per heavy atom. The van der Waals surface area contributed by atoms with Crippen LogP contribution in [0.5, 0.6) is 11.5 Å². The second-order valence-corrected chi connectivity index (χ2v) is 6.64. The van der Waals surface area contributed by atoms with Crippen LogP contribution in [0.1, 0.15) is 42.4 Å². The van der Waals surface area contributed by atoms with E-state index < -0.39 is 0 Å². The first-order valence-corrected chi connectivity index (χ1v) is 8.83. The molecule has 0 bridgehead atoms. The summed E-state index contributed by atoms with van der Waals surface area (Å²) in [7, 11) is 0. The minimum atomic E-state index is -0.278. The molecule has 0 saturated heterocycles. The van der Waals surface area contributed by atoms with Crippen LogP contribution in [0, 0.1) is 6.92 Å². The number of carbonyl (C=O) groups excluding carboxylic acids is 1. The second kappa shape index (κ2) is 8.75. The number of nitrogens with two attached hydrogens (primary N) is 1. The van der Waals surface area contributed by atoms with Gasteiger partial charge in [0, 0.05) is 17.8 Å². The van der Waals surface area contributed by atoms with Crippen molar-refractivity contribution in [2.24, 2.45) is 0 Å². The van der Waals surface area contributed by atoms with Gasteiger partial charge in [-0.05, 0) is 26.3 Å². The van der Waals surface area contributed by atoms with Crippen molar-refractivity contribution in [2.45, 2.75) is 33.2 Å². The standard InChI is InChI=1S/C19H21N5O3.2ClH/c1-4-11(3)24-18-13(8-21-24)12(5-10(2)22-18)19(25)23-15-7-17-16(6-14(15)20)26-9-27-17;;/h5-8,11H,4,9,20H2,1-3H3,(H,23,25);2*1H. The summed E-state index contributed by atoms with van der Waals surface area (Å²) < 4.78 is 12.5. The van der Waals surface area contributed by atoms with Gasteiger partial charge in [0.15, 0.2) is 17.1 Å². The molecule has 3 heterocycles. The first-order valence-electron chi connectivity index (χ1n) is 8.83. The molecule has 4 rings (SSSR count). The van der Waals surface area contributed by atoms with Crippen LogP contribution in [0.2, 0.25) is 0 Å². The van der Waals surface area contributed by atoms with E-state index >= 15 is 0 Å². The smallest absolute Gasteiger partial charge is 0.256 e. The van der Waals surface area contributed by atoms with E-state index in [9.17, 15) is 4.79 Å². The fraction of sp³-hybridized carbons (Fsp3) is 0.316. The molecular formula is C19H23Cl2N5O3. The maximum Gasteiger partial charge on any atom is 0.256 e. The van der Waals surface area contributed by atoms with Crippen molar-refractivity contribution in [2.75, 3.05) is 17.8 Å². The average Bonchev–Trinajstić information content (AvgIpc) is 3.26. The third-order valence-electron chi connectivity index (χ3n) is 4.74. The normalized spacial score (nSPS) is 12.8. The first-order chi connectivity index (χ1) is 13.0. The third-order valence-corrected chi connectivity index (χ3v) is 4.74. The molecule has 156 valence electrons. The van der Waals surface area contributed by atoms with E-state index in [-0.39, 0.29) is 43.6 Å². The molecule has 8 nitrogen and oxygen atoms in total. The van der Waals surface area contributed by atoms with Gasteiger partial charge in [-0.2, -0.15) is 5.10 Å². The minimum Gasteiger partial charge on any atom is -0.454 e. The number of anilines is 2. The topological polar surface area (TPSA) is 104 Å². The SMILES string of the molecule is CCC(C)n1ncc2c(C(=O)Nc3cc4c(cc3N)OCO4)cc(C)nc21.Cl.Cl. The number of halogens is 2. The summed E-state index contributed by atoms with van der Waals surface area (Å²) >= 11 is 0. The summed E-state index contributed by atoms with van der Waals surface area (Å²) in [5.74, 6) is 0.849. The molecule has 0 spiro atoms. The Hall–Kier alpha value is -2.71. The number of amides is 1. The van der Waals surface area contributed by atoms with Crippen LogP contribution in [0.3, 0.4) is 0 Å². The Morgan fingerprint density at radius 3 is 2.66 bits per heavy atom. The molecule has 1 atom stereocenters. The highest BCUT2D eigenvalue weighted by Gasteiger charge is 2.21. The number of nitrogens with zero attached hydrogens (tertiary/aromatic N) is 3. The highest BCUT2D eigenvalue weighted by Crippen LogP contribution is 2.38. The Labute approximate surface area is 180 Å². The summed E-state index contributed by atoms with van der Waals surface area (Å²) in [5.41, 5.74) is 8.88. The maximum absolute atomic E-state index is 13.0. The lowest BCUT2D eigenvalue weighted by molar-refractivity contribution is 0.102. The zero-order valence-electron chi connectivity index (χ0n) is 16.3. The van der Waals surface area contributed by atoms with Crippen molar-refractivity contribution >= 4 is 53.1 Å². The van der Waals surface area contributed by atoms with E-state index in [1.807, 2.05) is 11.6 Å². The van der Waals surface area contributed by atoms with E-state index in [2.05, 4.69) is 29.2 Å². The molecule has 1 unspecified atom stereocenters. The van der Waals surface area contributed by atoms with E-state index in [1.54, 1.807) is 24.4 Å². The number of pyridine rings is 1. The Balaban J connectivity index is 0.00000150. The number of aryl methyl sites for hydroxylation is 1. The lowest BCUT2D eigenvalue weighted by atomic mass is 10.1. The van der Waals surface area contributed by atoms with Crippen LogP contribution in [0.4, 0.5) is 11.4 Å². The van der Waals surface area contributed by atoms with Gasteiger partial charge in [-0.25, -0.2) is 9.67 Å². The van der Waals surface area contributed by atoms with Crippen molar-refractivity contribution in [1.29, 1.82) is 0 Å². The fourth-order valence-electron chi connectivity index (χ4n) is 3.08. The Bertz CT molecular complexity index is 1050. The molecule has 3 N–H and O–H groups in total. The number of ether oxygens (including phenoxy) is 2. The maximum atomic E-state index is 13.0. The molecule has 3 aromatic rings. The number of aromatic nitrogens is 3. The molecule has 1 aromatic carbocycles. The van der Waals surface area contributed by atoms with E-state index in [0.29, 0.717) is 39.5 Å². The van der Waals surface area contributed by atoms with Gasteiger partial charge < -0.3 is 20.5 Å². The predicted octanol–water partition coefficient (Wildman–Crippen LogP) is 4.12. The van der Waals surface area contributed by atoms with Gasteiger partial charge in [0.05, 0.1) is 34.6 Å². The summed E-state index contributed by atoms with van der Waals surface area (Å²) in [6.07, 6.45) is 2.60. The average molecular weight is 440 g/mol. The number of hydrogen-bond donors (Lipinski definition) is 2. The number of fused-ring (bicyclic) bond motifs is 2. The minimum absolute atomic E-state index is 0. The van der Waals surface area contributed by atoms with Crippen molar-refractivity contribution in [3.8, 4) is 11.5 Å². The van der Waals surface area contributed by atoms with Gasteiger partial charge in [-0.15, -0.1) is 24.8 Å². The number of benzene rings is 1. The second-order valence-electron chi connectivity index (χ2n) is 6.64. The van der Waals surface area contributed by atoms with Gasteiger partial charge in [-0.3, -0.25) is 4.79 Å². The number of nitrogen functional groups attached to an aromatic ring is 1. The van der Waals surface area contributed by atoms with Gasteiger partial charge in [0.2, 0.25) is 6.79 Å². The van der Waals surface area contributed by atoms with Crippen molar-refractivity contribution in [3.05, 3.63) is 35.7 Å². The van der Waals surface area contributed by atoms with Crippen LogP contribution >= 0.6 is 24.8 Å². The van der Waals surface area contributed by atoms with Crippen molar-refractivity contribution < 1.29 is 14.3 Å². The molecule has 1 aliphatic rings. The van der Waals surface area contributed by atoms with E-state index in [4.69, 9.17) is 15.2 Å². The molecular weight excluding hydrogens is 417 g/mol. The van der Waals surface area contributed by atoms with E-state index in [1.165, 1.54) is 0 Å². The zero-order valence-corrected chi connectivity index (χ0v) is 17.9. The van der Waals surface area contributed by atoms with Gasteiger partial charge in [-0.1, -0.05) is 6.92 Å². The molecule has 29 heavy (non-hydrogen) atoms. The number of nitrogens with one attached hydrogen (secondary N) is 1. The highest BCUT2D eigenvalue weighted by atomic mass is 35.5. The molecule has 0 saturated carbocycles. The zero-order chi connectivity index (χ0) is 19.1. The van der Waals surface area contributed by atoms with Crippen LogP contribution in [-0.4, -0.2) is 27.5 Å². The molecule has 0 fully saturated rings. The number of carbonyl (C=O) groups is 1. The highest BCUT2D eigenvalue weighted by molar-refractivity contribution is 6.13. The Kier molecular flexibility index (Phi) is 6.81. The third kappa shape index (κ3) is 4.04. The first kappa shape index (κ1) is 22.6. The van der Waals surface area contributed by atoms with Gasteiger partial charge >= 0.3 is 0 Å². The molecule has 0 radical (unpaired) electrons. The van der Waals surface area contributed by atoms with Crippen LogP contribution in [0.25, 0.3) is 11.0 Å². The quantitative estimate of drug-likeness (QED) is 0.592. The van der Waals surface area contributed by atoms with Crippen molar-refractivity contribution in [1.82, 2.24) is 14.8 Å². The molecule has 0 aliphatic carbocycles. The van der Waals surface area contributed by atoms with Crippen LogP contribution < -0.4 is 20.5 Å². The fourth-order valence-corrected chi connectivity index (χ4v) is 3.08. The largest absolute Gasteiger partial charge is 0.454 e. The lowest BCUT2D eigenvalue weighted by Gasteiger charge is -2.12. The molecule has 2 aromatic heterocycles. The Morgan fingerprint density at radius 2 is 1.97 bits per heavy atom.